The third kappa shape index (κ3) is 9.80. The molecule has 3 aromatic carbocycles. The molecule has 1 aliphatic heterocycles. The van der Waals surface area contributed by atoms with Crippen LogP contribution in [0.2, 0.25) is 5.02 Å². The molecule has 1 atom stereocenters. The molecule has 4 heterocycles. The number of ether oxygens (including phenoxy) is 3. The quantitative estimate of drug-likeness (QED) is 0.0407. The van der Waals surface area contributed by atoms with Gasteiger partial charge in [-0.3, -0.25) is 13.5 Å². The van der Waals surface area contributed by atoms with Crippen molar-refractivity contribution in [3.8, 4) is 16.9 Å². The Kier molecular flexibility index (Phi) is 13.7. The third-order valence-electron chi connectivity index (χ3n) is 10.4. The molecule has 1 saturated heterocycles. The highest BCUT2D eigenvalue weighted by atomic mass is 35.5. The SMILES string of the molecule is COC(=O)c1c(CCCOS(C)(=O)=O)c2ccc(Cl)c(-c3c(COC4CCCCO4)nn(C)c3CSCc3cc(CSc4cc(O)c5ccccc5c4)n(C)n3)c2n1C. The Morgan fingerprint density at radius 2 is 1.81 bits per heavy atom. The van der Waals surface area contributed by atoms with E-state index in [0.29, 0.717) is 64.2 Å². The van der Waals surface area contributed by atoms with Gasteiger partial charge >= 0.3 is 5.97 Å². The molecule has 6 aromatic rings. The highest BCUT2D eigenvalue weighted by molar-refractivity contribution is 7.98. The van der Waals surface area contributed by atoms with E-state index in [4.69, 9.17) is 40.2 Å². The Morgan fingerprint density at radius 1 is 1.00 bits per heavy atom. The normalized spacial score (nSPS) is 14.8. The van der Waals surface area contributed by atoms with Crippen LogP contribution >= 0.6 is 35.1 Å². The second-order valence-corrected chi connectivity index (χ2v) is 18.6. The number of aromatic nitrogens is 5. The monoisotopic (exact) mass is 881 g/mol. The summed E-state index contributed by atoms with van der Waals surface area (Å²) in [5.41, 5.74) is 6.90. The molecule has 7 rings (SSSR count). The molecule has 0 saturated carbocycles. The smallest absolute Gasteiger partial charge is 0.354 e. The minimum Gasteiger partial charge on any atom is -0.507 e. The van der Waals surface area contributed by atoms with Crippen LogP contribution in [0.5, 0.6) is 5.75 Å². The molecule has 59 heavy (non-hydrogen) atoms. The number of aryl methyl sites for hydroxylation is 4. The first-order chi connectivity index (χ1) is 28.3. The zero-order valence-corrected chi connectivity index (χ0v) is 36.9. The highest BCUT2D eigenvalue weighted by Gasteiger charge is 2.29. The second kappa shape index (κ2) is 18.7. The number of thioether (sulfide) groups is 2. The molecule has 13 nitrogen and oxygen atoms in total. The summed E-state index contributed by atoms with van der Waals surface area (Å²) in [6.45, 7) is 0.799. The fourth-order valence-corrected chi connectivity index (χ4v) is 10.3. The number of halogens is 1. The van der Waals surface area contributed by atoms with E-state index in [1.807, 2.05) is 65.9 Å². The van der Waals surface area contributed by atoms with Crippen molar-refractivity contribution in [3.63, 3.8) is 0 Å². The number of hydrogen-bond acceptors (Lipinski definition) is 12. The fourth-order valence-electron chi connectivity index (χ4n) is 7.63. The van der Waals surface area contributed by atoms with E-state index < -0.39 is 16.1 Å². The first kappa shape index (κ1) is 43.1. The van der Waals surface area contributed by atoms with Crippen LogP contribution in [0.25, 0.3) is 32.8 Å². The van der Waals surface area contributed by atoms with Crippen LogP contribution in [0, 0.1) is 0 Å². The lowest BCUT2D eigenvalue weighted by molar-refractivity contribution is -0.169. The average molecular weight is 883 g/mol. The van der Waals surface area contributed by atoms with Gasteiger partial charge < -0.3 is 23.9 Å². The number of benzene rings is 3. The molecule has 1 unspecified atom stereocenters. The molecule has 1 N–H and O–H groups in total. The minimum atomic E-state index is -3.62. The van der Waals surface area contributed by atoms with E-state index in [0.717, 1.165) is 74.7 Å². The van der Waals surface area contributed by atoms with Gasteiger partial charge in [0.1, 0.15) is 11.4 Å². The number of phenolic OH excluding ortho intramolecular Hbond substituents is 1. The summed E-state index contributed by atoms with van der Waals surface area (Å²) in [5.74, 6) is 1.63. The van der Waals surface area contributed by atoms with E-state index in [-0.39, 0.29) is 25.3 Å². The lowest BCUT2D eigenvalue weighted by Crippen LogP contribution is -2.22. The van der Waals surface area contributed by atoms with E-state index in [9.17, 15) is 18.3 Å². The summed E-state index contributed by atoms with van der Waals surface area (Å²) in [5, 5.41) is 23.5. The number of rotatable bonds is 17. The molecular formula is C42H48ClN5O8S3. The van der Waals surface area contributed by atoms with E-state index in [2.05, 4.69) is 12.1 Å². The summed E-state index contributed by atoms with van der Waals surface area (Å²) in [4.78, 5) is 14.3. The van der Waals surface area contributed by atoms with Gasteiger partial charge in [0.05, 0.1) is 54.2 Å². The molecule has 314 valence electrons. The summed E-state index contributed by atoms with van der Waals surface area (Å²) in [7, 11) is 3.38. The van der Waals surface area contributed by atoms with Crippen LogP contribution in [0.3, 0.4) is 0 Å². The summed E-state index contributed by atoms with van der Waals surface area (Å²) >= 11 is 10.5. The van der Waals surface area contributed by atoms with Crippen molar-refractivity contribution in [2.24, 2.45) is 21.1 Å². The third-order valence-corrected chi connectivity index (χ3v) is 13.3. The van der Waals surface area contributed by atoms with Gasteiger partial charge in [0.2, 0.25) is 0 Å². The van der Waals surface area contributed by atoms with Crippen molar-refractivity contribution >= 4 is 72.9 Å². The van der Waals surface area contributed by atoms with Crippen molar-refractivity contribution in [1.29, 1.82) is 0 Å². The number of aromatic hydroxyl groups is 1. The molecule has 3 aromatic heterocycles. The molecule has 1 aliphatic rings. The molecule has 0 radical (unpaired) electrons. The maximum absolute atomic E-state index is 13.4. The molecular weight excluding hydrogens is 834 g/mol. The van der Waals surface area contributed by atoms with Crippen LogP contribution < -0.4 is 0 Å². The van der Waals surface area contributed by atoms with Crippen molar-refractivity contribution in [3.05, 3.63) is 93.7 Å². The standard InChI is InChI=1S/C42H48ClN5O8S3/c1-46-40-32(31(41(46)42(50)53-4)13-10-18-56-59(5,51)52)15-16-33(43)38(40)39-34(22-55-37-14-8-9-17-54-37)45-48(3)35(39)25-57-23-27-20-28(47(2)44-27)24-58-29-19-26-11-6-7-12-30(26)36(49)21-29/h6-7,11-12,15-16,19-21,37,49H,8-10,13-14,17-18,22-25H2,1-5H3. The number of carbonyl (C=O) groups is 1. The topological polar surface area (TPSA) is 149 Å². The zero-order valence-electron chi connectivity index (χ0n) is 33.7. The van der Waals surface area contributed by atoms with Crippen molar-refractivity contribution in [2.45, 2.75) is 67.2 Å². The maximum atomic E-state index is 13.4. The Balaban J connectivity index is 1.18. The van der Waals surface area contributed by atoms with Gasteiger partial charge in [0.15, 0.2) is 6.29 Å². The first-order valence-electron chi connectivity index (χ1n) is 19.3. The number of fused-ring (bicyclic) bond motifs is 2. The number of methoxy groups -OCH3 is 1. The van der Waals surface area contributed by atoms with Gasteiger partial charge in [-0.15, -0.1) is 23.5 Å². The maximum Gasteiger partial charge on any atom is 0.354 e. The summed E-state index contributed by atoms with van der Waals surface area (Å²) < 4.78 is 51.4. The molecule has 0 amide bonds. The Morgan fingerprint density at radius 3 is 2.58 bits per heavy atom. The molecule has 0 spiro atoms. The predicted octanol–water partition coefficient (Wildman–Crippen LogP) is 8.29. The molecule has 1 fully saturated rings. The van der Waals surface area contributed by atoms with E-state index in [1.54, 1.807) is 35.1 Å². The Hall–Kier alpha value is -4.03. The van der Waals surface area contributed by atoms with Crippen LogP contribution in [-0.2, 0) is 79.9 Å². The van der Waals surface area contributed by atoms with Gasteiger partial charge in [0.25, 0.3) is 10.1 Å². The number of nitrogens with zero attached hydrogens (tertiary/aromatic N) is 5. The zero-order chi connectivity index (χ0) is 41.8. The van der Waals surface area contributed by atoms with Gasteiger partial charge in [-0.25, -0.2) is 4.79 Å². The largest absolute Gasteiger partial charge is 0.507 e. The van der Waals surface area contributed by atoms with Gasteiger partial charge in [-0.2, -0.15) is 18.6 Å². The average Bonchev–Trinajstić information content (AvgIpc) is 3.83. The fraction of sp³-hybridized carbons (Fsp3) is 0.405. The van der Waals surface area contributed by atoms with E-state index >= 15 is 0 Å². The lowest BCUT2D eigenvalue weighted by Gasteiger charge is -2.22. The minimum absolute atomic E-state index is 0.0312. The predicted molar refractivity (Wildman–Crippen MR) is 232 cm³/mol. The van der Waals surface area contributed by atoms with Crippen LogP contribution in [0.1, 0.15) is 64.5 Å². The Labute approximate surface area is 357 Å². The number of hydrogen-bond donors (Lipinski definition) is 1. The van der Waals surface area contributed by atoms with Crippen LogP contribution in [0.4, 0.5) is 0 Å². The lowest BCUT2D eigenvalue weighted by atomic mass is 9.98. The van der Waals surface area contributed by atoms with Gasteiger partial charge in [-0.1, -0.05) is 41.9 Å². The van der Waals surface area contributed by atoms with Crippen LogP contribution in [0.15, 0.2) is 59.5 Å². The summed E-state index contributed by atoms with van der Waals surface area (Å²) in [6, 6.07) is 17.5. The first-order valence-corrected chi connectivity index (χ1v) is 23.6. The van der Waals surface area contributed by atoms with Crippen molar-refractivity contribution in [1.82, 2.24) is 24.1 Å². The van der Waals surface area contributed by atoms with Gasteiger partial charge in [-0.05, 0) is 67.3 Å². The highest BCUT2D eigenvalue weighted by Crippen LogP contribution is 2.43. The second-order valence-electron chi connectivity index (χ2n) is 14.5. The Bertz CT molecular complexity index is 2600. The van der Waals surface area contributed by atoms with Crippen LogP contribution in [-0.4, -0.2) is 76.5 Å². The summed E-state index contributed by atoms with van der Waals surface area (Å²) in [6.07, 6.45) is 4.20. The van der Waals surface area contributed by atoms with Crippen molar-refractivity contribution < 1.29 is 36.7 Å². The number of esters is 1. The van der Waals surface area contributed by atoms with E-state index in [1.165, 1.54) is 7.11 Å². The number of carbonyl (C=O) groups excluding carboxylic acids is 1. The van der Waals surface area contributed by atoms with Gasteiger partial charge in [0, 0.05) is 77.5 Å². The molecule has 17 heteroatoms. The molecule has 0 bridgehead atoms. The van der Waals surface area contributed by atoms with Crippen molar-refractivity contribution in [2.75, 3.05) is 26.6 Å². The molecule has 0 aliphatic carbocycles. The number of phenols is 1.